The lowest BCUT2D eigenvalue weighted by molar-refractivity contribution is 0.0898. The zero-order valence-corrected chi connectivity index (χ0v) is 13.3. The molecule has 1 fully saturated rings. The molecule has 5 heteroatoms. The van der Waals surface area contributed by atoms with E-state index in [1.165, 1.54) is 0 Å². The molecule has 0 unspecified atom stereocenters. The quantitative estimate of drug-likeness (QED) is 0.810. The van der Waals surface area contributed by atoms with Crippen LogP contribution in [0.25, 0.3) is 11.3 Å². The van der Waals surface area contributed by atoms with Gasteiger partial charge in [-0.05, 0) is 30.5 Å². The van der Waals surface area contributed by atoms with Crippen LogP contribution in [0.5, 0.6) is 0 Å². The number of rotatable bonds is 4. The number of carbonyl (C=O) groups is 1. The Kier molecular flexibility index (Phi) is 5.27. The molecule has 0 atom stereocenters. The normalized spacial score (nSPS) is 16.0. The van der Waals surface area contributed by atoms with E-state index in [2.05, 4.69) is 10.3 Å². The Morgan fingerprint density at radius 3 is 2.45 bits per heavy atom. The van der Waals surface area contributed by atoms with E-state index in [0.717, 1.165) is 36.9 Å². The van der Waals surface area contributed by atoms with E-state index in [9.17, 15) is 4.79 Å². The van der Waals surface area contributed by atoms with E-state index < -0.39 is 0 Å². The zero-order chi connectivity index (χ0) is 14.7. The van der Waals surface area contributed by atoms with Crippen molar-refractivity contribution in [1.82, 2.24) is 10.3 Å². The second-order valence-electron chi connectivity index (χ2n) is 5.80. The fourth-order valence-corrected chi connectivity index (χ4v) is 3.05. The predicted octanol–water partition coefficient (Wildman–Crippen LogP) is 3.10. The number of H-pyrrole nitrogens is 1. The summed E-state index contributed by atoms with van der Waals surface area (Å²) in [6, 6.07) is 13.8. The SMILES string of the molecule is Cl.NCC1(NC(=O)c2ccc(-c3ccccc3)[nH]2)CCCC1. The van der Waals surface area contributed by atoms with Gasteiger partial charge in [0.2, 0.25) is 0 Å². The Bertz CT molecular complexity index is 618. The topological polar surface area (TPSA) is 70.9 Å². The van der Waals surface area contributed by atoms with Crippen LogP contribution in [0.1, 0.15) is 36.2 Å². The van der Waals surface area contributed by atoms with E-state index in [1.807, 2.05) is 42.5 Å². The summed E-state index contributed by atoms with van der Waals surface area (Å²) >= 11 is 0. The monoisotopic (exact) mass is 319 g/mol. The second-order valence-corrected chi connectivity index (χ2v) is 5.80. The molecule has 1 aromatic heterocycles. The molecule has 4 nitrogen and oxygen atoms in total. The Labute approximate surface area is 136 Å². The summed E-state index contributed by atoms with van der Waals surface area (Å²) in [5.41, 5.74) is 8.27. The number of carbonyl (C=O) groups excluding carboxylic acids is 1. The average Bonchev–Trinajstić information content (AvgIpc) is 3.18. The molecule has 3 rings (SSSR count). The molecule has 0 spiro atoms. The number of nitrogens with one attached hydrogen (secondary N) is 2. The Hall–Kier alpha value is -1.78. The molecule has 1 aliphatic rings. The maximum atomic E-state index is 12.4. The molecule has 0 aliphatic heterocycles. The number of aromatic nitrogens is 1. The van der Waals surface area contributed by atoms with Crippen LogP contribution >= 0.6 is 12.4 Å². The number of hydrogen-bond donors (Lipinski definition) is 3. The molecule has 1 amide bonds. The van der Waals surface area contributed by atoms with Gasteiger partial charge in [-0.15, -0.1) is 12.4 Å². The molecule has 118 valence electrons. The zero-order valence-electron chi connectivity index (χ0n) is 12.5. The minimum Gasteiger partial charge on any atom is -0.351 e. The van der Waals surface area contributed by atoms with Crippen molar-refractivity contribution >= 4 is 18.3 Å². The first kappa shape index (κ1) is 16.6. The van der Waals surface area contributed by atoms with Gasteiger partial charge < -0.3 is 16.0 Å². The highest BCUT2D eigenvalue weighted by atomic mass is 35.5. The van der Waals surface area contributed by atoms with Crippen molar-refractivity contribution in [2.24, 2.45) is 5.73 Å². The van der Waals surface area contributed by atoms with Gasteiger partial charge in [-0.1, -0.05) is 43.2 Å². The molecule has 1 aliphatic carbocycles. The maximum absolute atomic E-state index is 12.4. The van der Waals surface area contributed by atoms with E-state index in [0.29, 0.717) is 12.2 Å². The van der Waals surface area contributed by atoms with Crippen LogP contribution in [0, 0.1) is 0 Å². The van der Waals surface area contributed by atoms with Gasteiger partial charge in [0, 0.05) is 12.2 Å². The Balaban J connectivity index is 0.00000176. The van der Waals surface area contributed by atoms with Crippen LogP contribution < -0.4 is 11.1 Å². The van der Waals surface area contributed by atoms with Crippen molar-refractivity contribution in [2.45, 2.75) is 31.2 Å². The van der Waals surface area contributed by atoms with Crippen molar-refractivity contribution in [1.29, 1.82) is 0 Å². The van der Waals surface area contributed by atoms with Gasteiger partial charge in [-0.3, -0.25) is 4.79 Å². The van der Waals surface area contributed by atoms with Gasteiger partial charge >= 0.3 is 0 Å². The summed E-state index contributed by atoms with van der Waals surface area (Å²) in [5.74, 6) is -0.0652. The van der Waals surface area contributed by atoms with Gasteiger partial charge in [0.25, 0.3) is 5.91 Å². The van der Waals surface area contributed by atoms with Gasteiger partial charge in [0.15, 0.2) is 0 Å². The fraction of sp³-hybridized carbons (Fsp3) is 0.353. The third-order valence-electron chi connectivity index (χ3n) is 4.35. The number of nitrogens with two attached hydrogens (primary N) is 1. The number of halogens is 1. The van der Waals surface area contributed by atoms with E-state index >= 15 is 0 Å². The maximum Gasteiger partial charge on any atom is 0.268 e. The first-order chi connectivity index (χ1) is 10.2. The van der Waals surface area contributed by atoms with Crippen molar-refractivity contribution in [2.75, 3.05) is 6.54 Å². The van der Waals surface area contributed by atoms with Gasteiger partial charge in [-0.25, -0.2) is 0 Å². The molecule has 1 saturated carbocycles. The molecule has 0 radical (unpaired) electrons. The number of aromatic amines is 1. The lowest BCUT2D eigenvalue weighted by Gasteiger charge is -2.28. The first-order valence-electron chi connectivity index (χ1n) is 7.49. The summed E-state index contributed by atoms with van der Waals surface area (Å²) in [5, 5.41) is 3.13. The molecule has 22 heavy (non-hydrogen) atoms. The smallest absolute Gasteiger partial charge is 0.268 e. The van der Waals surface area contributed by atoms with E-state index in [4.69, 9.17) is 5.73 Å². The summed E-state index contributed by atoms with van der Waals surface area (Å²) in [6.07, 6.45) is 4.22. The molecular weight excluding hydrogens is 298 g/mol. The highest BCUT2D eigenvalue weighted by Gasteiger charge is 2.34. The molecule has 1 aromatic carbocycles. The van der Waals surface area contributed by atoms with E-state index in [-0.39, 0.29) is 23.9 Å². The van der Waals surface area contributed by atoms with Gasteiger partial charge in [0.1, 0.15) is 5.69 Å². The summed E-state index contributed by atoms with van der Waals surface area (Å²) < 4.78 is 0. The minimum atomic E-state index is -0.213. The third kappa shape index (κ3) is 3.34. The first-order valence-corrected chi connectivity index (χ1v) is 7.49. The van der Waals surface area contributed by atoms with Gasteiger partial charge in [-0.2, -0.15) is 0 Å². The third-order valence-corrected chi connectivity index (χ3v) is 4.35. The summed E-state index contributed by atoms with van der Waals surface area (Å²) in [7, 11) is 0. The van der Waals surface area contributed by atoms with Crippen LogP contribution in [0.15, 0.2) is 42.5 Å². The van der Waals surface area contributed by atoms with Crippen molar-refractivity contribution in [3.8, 4) is 11.3 Å². The van der Waals surface area contributed by atoms with Crippen LogP contribution in [-0.4, -0.2) is 23.0 Å². The predicted molar refractivity (Wildman–Crippen MR) is 91.2 cm³/mol. The minimum absolute atomic E-state index is 0. The van der Waals surface area contributed by atoms with Crippen molar-refractivity contribution in [3.63, 3.8) is 0 Å². The molecule has 2 aromatic rings. The molecule has 0 bridgehead atoms. The van der Waals surface area contributed by atoms with Crippen molar-refractivity contribution < 1.29 is 4.79 Å². The molecule has 0 saturated heterocycles. The highest BCUT2D eigenvalue weighted by Crippen LogP contribution is 2.29. The molecular formula is C17H22ClN3O. The Morgan fingerprint density at radius 1 is 1.14 bits per heavy atom. The van der Waals surface area contributed by atoms with Crippen LogP contribution in [0.2, 0.25) is 0 Å². The van der Waals surface area contributed by atoms with Crippen LogP contribution in [-0.2, 0) is 0 Å². The highest BCUT2D eigenvalue weighted by molar-refractivity contribution is 5.94. The largest absolute Gasteiger partial charge is 0.351 e. The second kappa shape index (κ2) is 6.99. The fourth-order valence-electron chi connectivity index (χ4n) is 3.05. The van der Waals surface area contributed by atoms with Gasteiger partial charge in [0.05, 0.1) is 5.54 Å². The van der Waals surface area contributed by atoms with E-state index in [1.54, 1.807) is 0 Å². The van der Waals surface area contributed by atoms with Crippen LogP contribution in [0.3, 0.4) is 0 Å². The molecule has 4 N–H and O–H groups in total. The molecule has 1 heterocycles. The number of amides is 1. The van der Waals surface area contributed by atoms with Crippen LogP contribution in [0.4, 0.5) is 0 Å². The standard InChI is InChI=1S/C17H21N3O.ClH/c18-12-17(10-4-5-11-17)20-16(21)15-9-8-14(19-15)13-6-2-1-3-7-13;/h1-3,6-9,19H,4-5,10-12,18H2,(H,20,21);1H. The number of benzene rings is 1. The summed E-state index contributed by atoms with van der Waals surface area (Å²) in [4.78, 5) is 15.6. The number of hydrogen-bond acceptors (Lipinski definition) is 2. The average molecular weight is 320 g/mol. The Morgan fingerprint density at radius 2 is 1.82 bits per heavy atom. The summed E-state index contributed by atoms with van der Waals surface area (Å²) in [6.45, 7) is 0.505. The van der Waals surface area contributed by atoms with Crippen molar-refractivity contribution in [3.05, 3.63) is 48.2 Å². The lowest BCUT2D eigenvalue weighted by Crippen LogP contribution is -2.51. The lowest BCUT2D eigenvalue weighted by atomic mass is 9.97.